The minimum atomic E-state index is -3.33. The summed E-state index contributed by atoms with van der Waals surface area (Å²) in [6.45, 7) is 3.43. The molecule has 0 saturated carbocycles. The normalized spacial score (nSPS) is 30.2. The number of piperidine rings is 1. The molecule has 0 amide bonds. The molecule has 2 fully saturated rings. The Morgan fingerprint density at radius 2 is 1.95 bits per heavy atom. The zero-order valence-corrected chi connectivity index (χ0v) is 13.5. The minimum absolute atomic E-state index is 0.307. The van der Waals surface area contributed by atoms with E-state index in [0.29, 0.717) is 38.1 Å². The van der Waals surface area contributed by atoms with Crippen molar-refractivity contribution in [1.29, 1.82) is 0 Å². The number of hydrogen-bond acceptors (Lipinski definition) is 4. The molecule has 118 valence electrons. The molecule has 0 aromatic carbocycles. The highest BCUT2D eigenvalue weighted by molar-refractivity contribution is 7.86. The van der Waals surface area contributed by atoms with E-state index in [-0.39, 0.29) is 0 Å². The van der Waals surface area contributed by atoms with Crippen molar-refractivity contribution < 1.29 is 8.42 Å². The Kier molecular flexibility index (Phi) is 5.42. The summed E-state index contributed by atoms with van der Waals surface area (Å²) < 4.78 is 28.4. The van der Waals surface area contributed by atoms with E-state index in [1.165, 1.54) is 4.31 Å². The van der Waals surface area contributed by atoms with Gasteiger partial charge in [0.05, 0.1) is 0 Å². The zero-order valence-electron chi connectivity index (χ0n) is 12.7. The second-order valence-electron chi connectivity index (χ2n) is 6.17. The van der Waals surface area contributed by atoms with Crippen LogP contribution in [0.3, 0.4) is 0 Å². The van der Waals surface area contributed by atoms with E-state index in [2.05, 4.69) is 11.9 Å². The maximum atomic E-state index is 12.6. The topological polar surface area (TPSA) is 69.9 Å². The Hall–Kier alpha value is -0.210. The second kappa shape index (κ2) is 6.70. The Bertz CT molecular complexity index is 415. The Labute approximate surface area is 123 Å². The van der Waals surface area contributed by atoms with Gasteiger partial charge in [0.2, 0.25) is 0 Å². The molecule has 2 heterocycles. The van der Waals surface area contributed by atoms with Crippen LogP contribution in [0.5, 0.6) is 0 Å². The van der Waals surface area contributed by atoms with E-state index in [1.807, 2.05) is 0 Å². The first-order valence-corrected chi connectivity index (χ1v) is 8.96. The molecule has 2 rings (SSSR count). The third-order valence-corrected chi connectivity index (χ3v) is 6.60. The summed E-state index contributed by atoms with van der Waals surface area (Å²) in [7, 11) is 0.443. The van der Waals surface area contributed by atoms with E-state index >= 15 is 0 Å². The molecule has 2 N–H and O–H groups in total. The third kappa shape index (κ3) is 3.51. The molecule has 20 heavy (non-hydrogen) atoms. The third-order valence-electron chi connectivity index (χ3n) is 4.67. The summed E-state index contributed by atoms with van der Waals surface area (Å²) in [4.78, 5) is 2.25. The highest BCUT2D eigenvalue weighted by atomic mass is 32.2. The van der Waals surface area contributed by atoms with Crippen LogP contribution >= 0.6 is 0 Å². The van der Waals surface area contributed by atoms with Gasteiger partial charge in [-0.3, -0.25) is 0 Å². The molecule has 6 nitrogen and oxygen atoms in total. The van der Waals surface area contributed by atoms with Crippen LogP contribution in [0.2, 0.25) is 0 Å². The lowest BCUT2D eigenvalue weighted by molar-refractivity contribution is 0.235. The van der Waals surface area contributed by atoms with Crippen LogP contribution in [0.4, 0.5) is 0 Å². The fourth-order valence-electron chi connectivity index (χ4n) is 3.23. The molecule has 0 spiro atoms. The molecular formula is C13H28N4O2S. The maximum absolute atomic E-state index is 12.6. The quantitative estimate of drug-likeness (QED) is 0.772. The lowest BCUT2D eigenvalue weighted by Crippen LogP contribution is -2.50. The Balaban J connectivity index is 1.97. The first-order chi connectivity index (χ1) is 9.45. The van der Waals surface area contributed by atoms with Gasteiger partial charge in [-0.25, -0.2) is 0 Å². The summed E-state index contributed by atoms with van der Waals surface area (Å²) in [5, 5.41) is 0. The van der Waals surface area contributed by atoms with E-state index in [0.717, 1.165) is 32.2 Å². The number of likely N-dealkylation sites (tertiary alicyclic amines) is 1. The van der Waals surface area contributed by atoms with Gasteiger partial charge in [-0.05, 0) is 51.7 Å². The Morgan fingerprint density at radius 3 is 2.55 bits per heavy atom. The van der Waals surface area contributed by atoms with Crippen molar-refractivity contribution in [1.82, 2.24) is 13.5 Å². The molecule has 0 radical (unpaired) electrons. The molecule has 2 atom stereocenters. The maximum Gasteiger partial charge on any atom is 0.281 e. The fourth-order valence-corrected chi connectivity index (χ4v) is 4.74. The van der Waals surface area contributed by atoms with Gasteiger partial charge >= 0.3 is 0 Å². The average molecular weight is 304 g/mol. The summed E-state index contributed by atoms with van der Waals surface area (Å²) in [5.41, 5.74) is 5.69. The number of nitrogens with two attached hydrogens (primary N) is 1. The highest BCUT2D eigenvalue weighted by Crippen LogP contribution is 2.22. The number of hydrogen-bond donors (Lipinski definition) is 1. The van der Waals surface area contributed by atoms with Gasteiger partial charge in [-0.2, -0.15) is 17.0 Å². The van der Waals surface area contributed by atoms with Crippen LogP contribution in [-0.2, 0) is 10.2 Å². The predicted octanol–water partition coefficient (Wildman–Crippen LogP) is -0.0721. The molecule has 0 aromatic heterocycles. The van der Waals surface area contributed by atoms with E-state index < -0.39 is 10.2 Å². The molecule has 0 bridgehead atoms. The minimum Gasteiger partial charge on any atom is -0.330 e. The number of rotatable bonds is 5. The van der Waals surface area contributed by atoms with Crippen LogP contribution in [0.1, 0.15) is 25.7 Å². The van der Waals surface area contributed by atoms with Crippen LogP contribution in [0, 0.1) is 5.92 Å². The first kappa shape index (κ1) is 16.2. The van der Waals surface area contributed by atoms with E-state index in [4.69, 9.17) is 5.73 Å². The molecule has 2 aliphatic rings. The lowest BCUT2D eigenvalue weighted by atomic mass is 10.0. The van der Waals surface area contributed by atoms with Crippen molar-refractivity contribution in [3.05, 3.63) is 0 Å². The molecule has 2 saturated heterocycles. The van der Waals surface area contributed by atoms with Crippen LogP contribution in [-0.4, -0.2) is 74.8 Å². The first-order valence-electron chi connectivity index (χ1n) is 7.57. The van der Waals surface area contributed by atoms with E-state index in [9.17, 15) is 8.42 Å². The predicted molar refractivity (Wildman–Crippen MR) is 80.6 cm³/mol. The SMILES string of the molecule is CN1CCCC1CN(C)S(=O)(=O)N1CCCC(CN)C1. The van der Waals surface area contributed by atoms with Crippen LogP contribution < -0.4 is 5.73 Å². The van der Waals surface area contributed by atoms with Crippen LogP contribution in [0.25, 0.3) is 0 Å². The van der Waals surface area contributed by atoms with Gasteiger partial charge in [0.1, 0.15) is 0 Å². The van der Waals surface area contributed by atoms with Gasteiger partial charge in [-0.1, -0.05) is 0 Å². The van der Waals surface area contributed by atoms with Crippen molar-refractivity contribution in [2.45, 2.75) is 31.7 Å². The summed E-state index contributed by atoms with van der Waals surface area (Å²) >= 11 is 0. The van der Waals surface area contributed by atoms with Crippen LogP contribution in [0.15, 0.2) is 0 Å². The van der Waals surface area contributed by atoms with Crippen molar-refractivity contribution >= 4 is 10.2 Å². The molecular weight excluding hydrogens is 276 g/mol. The smallest absolute Gasteiger partial charge is 0.281 e. The number of likely N-dealkylation sites (N-methyl/N-ethyl adjacent to an activating group) is 2. The molecule has 2 unspecified atom stereocenters. The fraction of sp³-hybridized carbons (Fsp3) is 1.00. The lowest BCUT2D eigenvalue weighted by Gasteiger charge is -2.35. The Morgan fingerprint density at radius 1 is 1.25 bits per heavy atom. The second-order valence-corrected chi connectivity index (χ2v) is 8.20. The highest BCUT2D eigenvalue weighted by Gasteiger charge is 2.33. The standard InChI is InChI=1S/C13H28N4O2S/c1-15-7-4-6-13(15)11-16(2)20(18,19)17-8-3-5-12(9-14)10-17/h12-13H,3-11,14H2,1-2H3. The number of nitrogens with zero attached hydrogens (tertiary/aromatic N) is 3. The van der Waals surface area contributed by atoms with Crippen molar-refractivity contribution in [2.24, 2.45) is 11.7 Å². The van der Waals surface area contributed by atoms with Gasteiger partial charge in [0.25, 0.3) is 10.2 Å². The van der Waals surface area contributed by atoms with E-state index in [1.54, 1.807) is 11.4 Å². The summed E-state index contributed by atoms with van der Waals surface area (Å²) in [6, 6.07) is 0.352. The molecule has 2 aliphatic heterocycles. The zero-order chi connectivity index (χ0) is 14.8. The van der Waals surface area contributed by atoms with Gasteiger partial charge in [-0.15, -0.1) is 0 Å². The molecule has 7 heteroatoms. The molecule has 0 aliphatic carbocycles. The van der Waals surface area contributed by atoms with Gasteiger partial charge in [0.15, 0.2) is 0 Å². The van der Waals surface area contributed by atoms with Crippen molar-refractivity contribution in [3.63, 3.8) is 0 Å². The summed E-state index contributed by atoms with van der Waals surface area (Å²) in [5.74, 6) is 0.307. The largest absolute Gasteiger partial charge is 0.330 e. The van der Waals surface area contributed by atoms with Crippen molar-refractivity contribution in [2.75, 3.05) is 46.8 Å². The average Bonchev–Trinajstić information content (AvgIpc) is 2.84. The summed E-state index contributed by atoms with van der Waals surface area (Å²) in [6.07, 6.45) is 4.20. The molecule has 0 aromatic rings. The van der Waals surface area contributed by atoms with Gasteiger partial charge < -0.3 is 10.6 Å². The monoisotopic (exact) mass is 304 g/mol. The van der Waals surface area contributed by atoms with Gasteiger partial charge in [0, 0.05) is 32.7 Å². The van der Waals surface area contributed by atoms with Crippen molar-refractivity contribution in [3.8, 4) is 0 Å².